The molecule has 7 rings (SSSR count). The Morgan fingerprint density at radius 1 is 0.458 bits per heavy atom. The Labute approximate surface area is 267 Å². The first-order valence-electron chi connectivity index (χ1n) is 14.4. The van der Waals surface area contributed by atoms with Gasteiger partial charge in [0.15, 0.2) is 11.6 Å². The maximum Gasteiger partial charge on any atom is 0.420 e. The Balaban J connectivity index is 1.67. The second-order valence-electron chi connectivity index (χ2n) is 10.9. The molecule has 3 aromatic heterocycles. The number of benzene rings is 2. The molecule has 0 spiro atoms. The highest BCUT2D eigenvalue weighted by atomic mass is 19.4. The smallest absolute Gasteiger partial charge is 0.354 e. The molecule has 12 heteroatoms. The minimum Gasteiger partial charge on any atom is -0.354 e. The Morgan fingerprint density at radius 2 is 0.792 bits per heavy atom. The number of carbonyl (C=O) groups excluding carboxylic acids is 2. The molecule has 0 saturated heterocycles. The number of halogens is 6. The molecule has 0 fully saturated rings. The van der Waals surface area contributed by atoms with Crippen molar-refractivity contribution in [1.29, 1.82) is 0 Å². The highest BCUT2D eigenvalue weighted by Crippen LogP contribution is 2.39. The van der Waals surface area contributed by atoms with Crippen LogP contribution in [-0.4, -0.2) is 31.5 Å². The SMILES string of the molecule is O=C(c1ccccc1)c1c2nc(c(C(F)(F)F)c3ccc([nH]3)c(C(=O)c3ccccc3)c3nc(c(C(F)(F)F)c4ccc1[nH]4)C=C3)C=C2. The van der Waals surface area contributed by atoms with E-state index >= 15 is 0 Å². The zero-order valence-electron chi connectivity index (χ0n) is 24.4. The monoisotopic (exact) mass is 654 g/mol. The van der Waals surface area contributed by atoms with Crippen LogP contribution in [0.1, 0.15) is 65.7 Å². The normalized spacial score (nSPS) is 12.8. The molecule has 238 valence electrons. The summed E-state index contributed by atoms with van der Waals surface area (Å²) in [5.74, 6) is -1.35. The molecule has 0 amide bonds. The van der Waals surface area contributed by atoms with Crippen LogP contribution in [0.2, 0.25) is 0 Å². The summed E-state index contributed by atoms with van der Waals surface area (Å²) in [4.78, 5) is 41.3. The van der Waals surface area contributed by atoms with E-state index in [9.17, 15) is 35.9 Å². The fraction of sp³-hybridized carbons (Fsp3) is 0.0556. The number of alkyl halides is 6. The number of hydrogen-bond acceptors (Lipinski definition) is 4. The molecular formula is C36H20F6N4O2. The topological polar surface area (TPSA) is 91.5 Å². The number of nitrogens with zero attached hydrogens (tertiary/aromatic N) is 2. The molecule has 2 N–H and O–H groups in total. The first kappa shape index (κ1) is 30.6. The standard InChI is InChI=1S/C36H20F6N4O2/c37-35(38,39)31-25-15-11-21(43-25)29(33(47)19-7-3-1-4-8-19)22-12-16-26(44-22)32(36(40,41)42)28-18-14-24(46-28)30(23-13-17-27(31)45-23)34(48)20-9-5-2-6-10-20/h1-18,43,46H. The van der Waals surface area contributed by atoms with Crippen LogP contribution in [-0.2, 0) is 12.4 Å². The molecule has 48 heavy (non-hydrogen) atoms. The zero-order chi connectivity index (χ0) is 33.8. The molecule has 2 aromatic carbocycles. The Hall–Kier alpha value is -6.04. The fourth-order valence-electron chi connectivity index (χ4n) is 5.75. The van der Waals surface area contributed by atoms with Crippen molar-refractivity contribution in [2.75, 3.05) is 0 Å². The van der Waals surface area contributed by atoms with Crippen LogP contribution in [0.25, 0.3) is 46.4 Å². The fourth-order valence-corrected chi connectivity index (χ4v) is 5.75. The van der Waals surface area contributed by atoms with Gasteiger partial charge in [-0.25, -0.2) is 9.97 Å². The molecule has 0 aliphatic carbocycles. The van der Waals surface area contributed by atoms with Gasteiger partial charge in [0.2, 0.25) is 0 Å². The van der Waals surface area contributed by atoms with Crippen molar-refractivity contribution in [2.24, 2.45) is 0 Å². The number of ketones is 2. The number of carbonyl (C=O) groups is 2. The third-order valence-corrected chi connectivity index (χ3v) is 7.85. The van der Waals surface area contributed by atoms with Gasteiger partial charge in [0, 0.05) is 11.1 Å². The summed E-state index contributed by atoms with van der Waals surface area (Å²) in [5.41, 5.74) is -5.15. The molecule has 0 atom stereocenters. The van der Waals surface area contributed by atoms with E-state index in [4.69, 9.17) is 0 Å². The molecule has 2 aliphatic heterocycles. The third-order valence-electron chi connectivity index (χ3n) is 7.85. The van der Waals surface area contributed by atoms with Gasteiger partial charge >= 0.3 is 12.4 Å². The van der Waals surface area contributed by atoms with Crippen LogP contribution in [0.4, 0.5) is 26.3 Å². The van der Waals surface area contributed by atoms with Crippen LogP contribution in [0.3, 0.4) is 0 Å². The minimum absolute atomic E-state index is 0.105. The number of fused-ring (bicyclic) bond motifs is 8. The predicted octanol–water partition coefficient (Wildman–Crippen LogP) is 9.16. The number of hydrogen-bond donors (Lipinski definition) is 2. The summed E-state index contributed by atoms with van der Waals surface area (Å²) < 4.78 is 88.5. The lowest BCUT2D eigenvalue weighted by atomic mass is 10.0. The number of H-pyrrole nitrogens is 2. The van der Waals surface area contributed by atoms with Crippen LogP contribution < -0.4 is 0 Å². The van der Waals surface area contributed by atoms with Crippen molar-refractivity contribution in [3.8, 4) is 0 Å². The lowest BCUT2D eigenvalue weighted by Crippen LogP contribution is -2.09. The van der Waals surface area contributed by atoms with Gasteiger partial charge < -0.3 is 9.97 Å². The van der Waals surface area contributed by atoms with Gasteiger partial charge in [0.1, 0.15) is 11.1 Å². The largest absolute Gasteiger partial charge is 0.420 e. The molecule has 8 bridgehead atoms. The van der Waals surface area contributed by atoms with Crippen molar-refractivity contribution in [3.05, 3.63) is 141 Å². The van der Waals surface area contributed by atoms with Gasteiger partial charge in [-0.15, -0.1) is 0 Å². The maximum absolute atomic E-state index is 14.7. The van der Waals surface area contributed by atoms with E-state index in [1.807, 2.05) is 0 Å². The first-order valence-corrected chi connectivity index (χ1v) is 14.4. The predicted molar refractivity (Wildman–Crippen MR) is 169 cm³/mol. The number of nitrogens with one attached hydrogen (secondary N) is 2. The van der Waals surface area contributed by atoms with Crippen molar-refractivity contribution < 1.29 is 35.9 Å². The number of rotatable bonds is 4. The van der Waals surface area contributed by atoms with E-state index in [0.717, 1.165) is 24.3 Å². The average Bonchev–Trinajstić information content (AvgIpc) is 3.87. The molecule has 2 aliphatic rings. The van der Waals surface area contributed by atoms with E-state index in [-0.39, 0.29) is 44.7 Å². The number of aromatic nitrogens is 4. The lowest BCUT2D eigenvalue weighted by Gasteiger charge is -2.09. The van der Waals surface area contributed by atoms with Crippen molar-refractivity contribution in [2.45, 2.75) is 12.4 Å². The molecule has 6 nitrogen and oxygen atoms in total. The summed E-state index contributed by atoms with van der Waals surface area (Å²) >= 11 is 0. The average molecular weight is 655 g/mol. The second kappa shape index (κ2) is 11.3. The number of aromatic amines is 2. The van der Waals surface area contributed by atoms with Gasteiger partial charge in [-0.2, -0.15) is 26.3 Å². The Bertz CT molecular complexity index is 2180. The highest BCUT2D eigenvalue weighted by Gasteiger charge is 2.38. The van der Waals surface area contributed by atoms with Crippen LogP contribution in [0.15, 0.2) is 84.9 Å². The summed E-state index contributed by atoms with van der Waals surface area (Å²) in [6.07, 6.45) is -5.35. The molecule has 0 unspecified atom stereocenters. The summed E-state index contributed by atoms with van der Waals surface area (Å²) in [5, 5.41) is 0. The van der Waals surface area contributed by atoms with Gasteiger partial charge in [-0.3, -0.25) is 9.59 Å². The van der Waals surface area contributed by atoms with Crippen molar-refractivity contribution in [1.82, 2.24) is 19.9 Å². The third kappa shape index (κ3) is 5.40. The van der Waals surface area contributed by atoms with E-state index in [2.05, 4.69) is 19.9 Å². The summed E-state index contributed by atoms with van der Waals surface area (Å²) in [6, 6.07) is 20.2. The molecular weight excluding hydrogens is 634 g/mol. The highest BCUT2D eigenvalue weighted by molar-refractivity contribution is 6.16. The van der Waals surface area contributed by atoms with E-state index in [1.165, 1.54) is 48.6 Å². The van der Waals surface area contributed by atoms with E-state index in [0.29, 0.717) is 0 Å². The van der Waals surface area contributed by atoms with Crippen molar-refractivity contribution in [3.63, 3.8) is 0 Å². The summed E-state index contributed by atoms with van der Waals surface area (Å²) in [7, 11) is 0. The van der Waals surface area contributed by atoms with Crippen LogP contribution in [0.5, 0.6) is 0 Å². The van der Waals surface area contributed by atoms with Gasteiger partial charge in [0.05, 0.1) is 56.0 Å². The zero-order valence-corrected chi connectivity index (χ0v) is 24.4. The molecule has 5 heterocycles. The van der Waals surface area contributed by atoms with Gasteiger partial charge in [-0.05, 0) is 48.6 Å². The molecule has 0 saturated carbocycles. The van der Waals surface area contributed by atoms with Gasteiger partial charge in [0.25, 0.3) is 0 Å². The van der Waals surface area contributed by atoms with Crippen LogP contribution >= 0.6 is 0 Å². The lowest BCUT2D eigenvalue weighted by molar-refractivity contribution is -0.137. The van der Waals surface area contributed by atoms with E-state index in [1.54, 1.807) is 36.4 Å². The first-order chi connectivity index (χ1) is 22.9. The molecule has 0 radical (unpaired) electrons. The quantitative estimate of drug-likeness (QED) is 0.146. The minimum atomic E-state index is -4.96. The maximum atomic E-state index is 14.7. The summed E-state index contributed by atoms with van der Waals surface area (Å²) in [6.45, 7) is 0. The molecule has 5 aromatic rings. The second-order valence-corrected chi connectivity index (χ2v) is 10.9. The Kier molecular flexibility index (Phi) is 7.23. The van der Waals surface area contributed by atoms with E-state index < -0.39 is 57.5 Å². The van der Waals surface area contributed by atoms with Crippen molar-refractivity contribution >= 4 is 57.9 Å². The Morgan fingerprint density at radius 3 is 1.15 bits per heavy atom. The van der Waals surface area contributed by atoms with Crippen LogP contribution in [0, 0.1) is 0 Å². The van der Waals surface area contributed by atoms with Gasteiger partial charge in [-0.1, -0.05) is 60.7 Å².